The van der Waals surface area contributed by atoms with Crippen LogP contribution < -0.4 is 5.32 Å². The molecule has 2 heterocycles. The highest BCUT2D eigenvalue weighted by molar-refractivity contribution is 7.89. The van der Waals surface area contributed by atoms with Crippen LogP contribution in [0.1, 0.15) is 24.3 Å². The number of piperidine rings is 1. The van der Waals surface area contributed by atoms with Gasteiger partial charge < -0.3 is 0 Å². The summed E-state index contributed by atoms with van der Waals surface area (Å²) in [6.45, 7) is 0.152. The second-order valence-electron chi connectivity index (χ2n) is 5.84. The number of nitrogens with one attached hydrogen (secondary N) is 1. The number of sulfonamides is 1. The standard InChI is InChI=1S/C15H15F3N4O3S2/c16-15(17,18)13-20-21-14(26-13)19-12(23)11-8-4-5-9-22(11)27(24,25)10-6-2-1-3-7-10/h1-3,6-7,11H,4-5,8-9H2,(H,19,21,23). The average Bonchev–Trinajstić information content (AvgIpc) is 3.11. The zero-order valence-electron chi connectivity index (χ0n) is 13.8. The second-order valence-corrected chi connectivity index (χ2v) is 8.71. The van der Waals surface area contributed by atoms with E-state index in [0.717, 1.165) is 4.31 Å². The molecule has 1 aromatic carbocycles. The molecule has 1 amide bonds. The largest absolute Gasteiger partial charge is 0.445 e. The van der Waals surface area contributed by atoms with Crippen molar-refractivity contribution in [2.75, 3.05) is 11.9 Å². The fourth-order valence-electron chi connectivity index (χ4n) is 2.76. The molecule has 3 rings (SSSR count). The van der Waals surface area contributed by atoms with Gasteiger partial charge >= 0.3 is 6.18 Å². The molecule has 1 fully saturated rings. The van der Waals surface area contributed by atoms with Crippen LogP contribution in [-0.4, -0.2) is 41.4 Å². The number of amides is 1. The van der Waals surface area contributed by atoms with Crippen LogP contribution in [0.5, 0.6) is 0 Å². The number of hydrogen-bond acceptors (Lipinski definition) is 6. The molecule has 0 saturated carbocycles. The summed E-state index contributed by atoms with van der Waals surface area (Å²) in [7, 11) is -3.91. The Balaban J connectivity index is 1.81. The summed E-state index contributed by atoms with van der Waals surface area (Å²) in [6.07, 6.45) is -3.17. The molecule has 1 aromatic heterocycles. The SMILES string of the molecule is O=C(Nc1nnc(C(F)(F)F)s1)C1CCCCN1S(=O)(=O)c1ccccc1. The summed E-state index contributed by atoms with van der Waals surface area (Å²) in [4.78, 5) is 12.6. The van der Waals surface area contributed by atoms with Crippen LogP contribution in [-0.2, 0) is 21.0 Å². The van der Waals surface area contributed by atoms with Crippen LogP contribution in [0.3, 0.4) is 0 Å². The Hall–Kier alpha value is -2.05. The normalized spacial score (nSPS) is 19.0. The first-order valence-electron chi connectivity index (χ1n) is 7.98. The summed E-state index contributed by atoms with van der Waals surface area (Å²) in [5.74, 6) is -0.723. The van der Waals surface area contributed by atoms with Gasteiger partial charge in [-0.25, -0.2) is 8.42 Å². The number of anilines is 1. The summed E-state index contributed by atoms with van der Waals surface area (Å²) in [5, 5.41) is 7.06. The highest BCUT2D eigenvalue weighted by Crippen LogP contribution is 2.33. The topological polar surface area (TPSA) is 92.3 Å². The lowest BCUT2D eigenvalue weighted by Gasteiger charge is -2.33. The number of halogens is 3. The van der Waals surface area contributed by atoms with Gasteiger partial charge in [0, 0.05) is 6.54 Å². The Morgan fingerprint density at radius 2 is 1.89 bits per heavy atom. The molecule has 0 aliphatic carbocycles. The highest BCUT2D eigenvalue weighted by atomic mass is 32.2. The molecule has 146 valence electrons. The molecule has 0 radical (unpaired) electrons. The van der Waals surface area contributed by atoms with E-state index in [1.807, 2.05) is 0 Å². The van der Waals surface area contributed by atoms with E-state index in [1.165, 1.54) is 12.1 Å². The van der Waals surface area contributed by atoms with Gasteiger partial charge in [-0.2, -0.15) is 17.5 Å². The number of carbonyl (C=O) groups excluding carboxylic acids is 1. The predicted molar refractivity (Wildman–Crippen MR) is 91.5 cm³/mol. The number of aromatic nitrogens is 2. The monoisotopic (exact) mass is 420 g/mol. The number of benzene rings is 1. The van der Waals surface area contributed by atoms with Gasteiger partial charge in [0.2, 0.25) is 26.1 Å². The first-order chi connectivity index (χ1) is 12.7. The number of hydrogen-bond donors (Lipinski definition) is 1. The first kappa shape index (κ1) is 19.7. The number of rotatable bonds is 4. The van der Waals surface area contributed by atoms with Gasteiger partial charge in [-0.15, -0.1) is 10.2 Å². The Bertz CT molecular complexity index is 916. The zero-order chi connectivity index (χ0) is 19.7. The van der Waals surface area contributed by atoms with E-state index < -0.39 is 33.2 Å². The van der Waals surface area contributed by atoms with Crippen molar-refractivity contribution in [1.29, 1.82) is 0 Å². The molecule has 1 atom stereocenters. The van der Waals surface area contributed by atoms with Crippen LogP contribution in [0.2, 0.25) is 0 Å². The third-order valence-corrected chi connectivity index (χ3v) is 6.81. The van der Waals surface area contributed by atoms with Gasteiger partial charge in [-0.1, -0.05) is 36.0 Å². The summed E-state index contributed by atoms with van der Waals surface area (Å²) < 4.78 is 64.6. The van der Waals surface area contributed by atoms with Crippen molar-refractivity contribution in [3.8, 4) is 0 Å². The maximum atomic E-state index is 12.9. The van der Waals surface area contributed by atoms with Crippen molar-refractivity contribution < 1.29 is 26.4 Å². The Morgan fingerprint density at radius 3 is 2.52 bits per heavy atom. The fraction of sp³-hybridized carbons (Fsp3) is 0.400. The van der Waals surface area contributed by atoms with Crippen molar-refractivity contribution in [2.45, 2.75) is 36.4 Å². The minimum absolute atomic E-state index is 0.0555. The fourth-order valence-corrected chi connectivity index (χ4v) is 5.05. The van der Waals surface area contributed by atoms with E-state index in [0.29, 0.717) is 12.8 Å². The van der Waals surface area contributed by atoms with E-state index in [1.54, 1.807) is 18.2 Å². The van der Waals surface area contributed by atoms with Gasteiger partial charge in [0.1, 0.15) is 6.04 Å². The van der Waals surface area contributed by atoms with Crippen molar-refractivity contribution in [1.82, 2.24) is 14.5 Å². The zero-order valence-corrected chi connectivity index (χ0v) is 15.4. The smallest absolute Gasteiger partial charge is 0.299 e. The molecule has 2 aromatic rings. The molecule has 1 aliphatic rings. The minimum Gasteiger partial charge on any atom is -0.299 e. The summed E-state index contributed by atoms with van der Waals surface area (Å²) in [5.41, 5.74) is 0. The maximum Gasteiger partial charge on any atom is 0.445 e. The van der Waals surface area contributed by atoms with Gasteiger partial charge in [-0.3, -0.25) is 10.1 Å². The lowest BCUT2D eigenvalue weighted by atomic mass is 10.0. The van der Waals surface area contributed by atoms with E-state index in [-0.39, 0.29) is 34.3 Å². The van der Waals surface area contributed by atoms with Crippen LogP contribution >= 0.6 is 11.3 Å². The Kier molecular flexibility index (Phi) is 5.49. The van der Waals surface area contributed by atoms with Crippen molar-refractivity contribution in [2.24, 2.45) is 0 Å². The van der Waals surface area contributed by atoms with Crippen LogP contribution in [0, 0.1) is 0 Å². The molecule has 7 nitrogen and oxygen atoms in total. The molecule has 27 heavy (non-hydrogen) atoms. The molecule has 1 aliphatic heterocycles. The quantitative estimate of drug-likeness (QED) is 0.821. The van der Waals surface area contributed by atoms with Gasteiger partial charge in [0.15, 0.2) is 0 Å². The number of nitrogens with zero attached hydrogens (tertiary/aromatic N) is 3. The molecule has 12 heteroatoms. The van der Waals surface area contributed by atoms with Crippen molar-refractivity contribution in [3.05, 3.63) is 35.3 Å². The van der Waals surface area contributed by atoms with Gasteiger partial charge in [0.05, 0.1) is 4.90 Å². The molecular weight excluding hydrogens is 405 g/mol. The summed E-state index contributed by atoms with van der Waals surface area (Å²) >= 11 is 0.190. The van der Waals surface area contributed by atoms with Crippen LogP contribution in [0.15, 0.2) is 35.2 Å². The molecule has 0 bridgehead atoms. The lowest BCUT2D eigenvalue weighted by molar-refractivity contribution is -0.138. The first-order valence-corrected chi connectivity index (χ1v) is 10.2. The van der Waals surface area contributed by atoms with E-state index in [4.69, 9.17) is 0 Å². The van der Waals surface area contributed by atoms with Crippen LogP contribution in [0.4, 0.5) is 18.3 Å². The number of carbonyl (C=O) groups is 1. The summed E-state index contributed by atoms with van der Waals surface area (Å²) in [6, 6.07) is 6.66. The van der Waals surface area contributed by atoms with Crippen molar-refractivity contribution in [3.63, 3.8) is 0 Å². The molecular formula is C15H15F3N4O3S2. The van der Waals surface area contributed by atoms with E-state index in [2.05, 4.69) is 15.5 Å². The van der Waals surface area contributed by atoms with Gasteiger partial charge in [0.25, 0.3) is 0 Å². The van der Waals surface area contributed by atoms with E-state index >= 15 is 0 Å². The maximum absolute atomic E-state index is 12.9. The Morgan fingerprint density at radius 1 is 1.19 bits per heavy atom. The van der Waals surface area contributed by atoms with Crippen LogP contribution in [0.25, 0.3) is 0 Å². The minimum atomic E-state index is -4.66. The highest BCUT2D eigenvalue weighted by Gasteiger charge is 2.39. The van der Waals surface area contributed by atoms with Gasteiger partial charge in [-0.05, 0) is 25.0 Å². The lowest BCUT2D eigenvalue weighted by Crippen LogP contribution is -2.49. The molecule has 0 spiro atoms. The average molecular weight is 420 g/mol. The third-order valence-electron chi connectivity index (χ3n) is 4.00. The predicted octanol–water partition coefficient (Wildman–Crippen LogP) is 2.74. The van der Waals surface area contributed by atoms with Crippen molar-refractivity contribution >= 4 is 32.4 Å². The molecule has 1 saturated heterocycles. The Labute approximate surface area is 157 Å². The third kappa shape index (κ3) is 4.28. The van der Waals surface area contributed by atoms with E-state index in [9.17, 15) is 26.4 Å². The molecule has 1 N–H and O–H groups in total. The number of alkyl halides is 3. The molecule has 1 unspecified atom stereocenters. The second kappa shape index (κ2) is 7.52.